The number of para-hydroxylation sites is 3. The molecule has 1 saturated heterocycles. The van der Waals surface area contributed by atoms with E-state index < -0.39 is 0 Å². The Bertz CT molecular complexity index is 1330. The Balaban J connectivity index is 1.31. The van der Waals surface area contributed by atoms with Crippen molar-refractivity contribution in [2.75, 3.05) is 37.7 Å². The summed E-state index contributed by atoms with van der Waals surface area (Å²) in [5.74, 6) is 0.889. The van der Waals surface area contributed by atoms with E-state index in [2.05, 4.69) is 16.0 Å². The van der Waals surface area contributed by atoms with Gasteiger partial charge in [0.1, 0.15) is 11.4 Å². The maximum absolute atomic E-state index is 13.1. The van der Waals surface area contributed by atoms with Crippen molar-refractivity contribution >= 4 is 17.7 Å². The van der Waals surface area contributed by atoms with E-state index in [-0.39, 0.29) is 5.91 Å². The van der Waals surface area contributed by atoms with Gasteiger partial charge in [0.25, 0.3) is 0 Å². The minimum Gasteiger partial charge on any atom is -0.492 e. The molecule has 1 aliphatic rings. The molecule has 2 aromatic heterocycles. The number of benzene rings is 2. The number of carbonyl (C=O) groups excluding carboxylic acids is 1. The summed E-state index contributed by atoms with van der Waals surface area (Å²) in [6, 6.07) is 21.9. The molecule has 0 unspecified atom stereocenters. The van der Waals surface area contributed by atoms with Crippen molar-refractivity contribution in [2.45, 2.75) is 6.92 Å². The van der Waals surface area contributed by atoms with Crippen molar-refractivity contribution in [3.8, 4) is 22.7 Å². The molecule has 0 aliphatic carbocycles. The Labute approximate surface area is 211 Å². The normalized spacial score (nSPS) is 13.8. The molecule has 1 fully saturated rings. The van der Waals surface area contributed by atoms with Crippen LogP contribution >= 0.6 is 0 Å². The van der Waals surface area contributed by atoms with Gasteiger partial charge < -0.3 is 14.5 Å². The molecule has 1 amide bonds. The highest BCUT2D eigenvalue weighted by Crippen LogP contribution is 2.29. The number of piperazine rings is 1. The lowest BCUT2D eigenvalue weighted by Gasteiger charge is -2.36. The summed E-state index contributed by atoms with van der Waals surface area (Å²) in [5.41, 5.74) is 4.68. The minimum absolute atomic E-state index is 0.000817. The lowest BCUT2D eigenvalue weighted by atomic mass is 10.1. The monoisotopic (exact) mass is 479 g/mol. The molecule has 0 spiro atoms. The van der Waals surface area contributed by atoms with Gasteiger partial charge in [0.05, 0.1) is 18.0 Å². The predicted molar refractivity (Wildman–Crippen MR) is 142 cm³/mol. The molecule has 4 aromatic rings. The molecule has 7 heteroatoms. The molecular weight excluding hydrogens is 450 g/mol. The highest BCUT2D eigenvalue weighted by Gasteiger charge is 2.22. The van der Waals surface area contributed by atoms with Gasteiger partial charge in [-0.1, -0.05) is 30.3 Å². The summed E-state index contributed by atoms with van der Waals surface area (Å²) in [4.78, 5) is 21.4. The van der Waals surface area contributed by atoms with Crippen LogP contribution in [0, 0.1) is 0 Å². The van der Waals surface area contributed by atoms with E-state index >= 15 is 0 Å². The van der Waals surface area contributed by atoms with Crippen molar-refractivity contribution in [3.63, 3.8) is 0 Å². The van der Waals surface area contributed by atoms with E-state index in [0.29, 0.717) is 19.7 Å². The number of rotatable bonds is 7. The molecular formula is C29H29N5O2. The largest absolute Gasteiger partial charge is 0.492 e. The van der Waals surface area contributed by atoms with Crippen molar-refractivity contribution in [1.82, 2.24) is 19.7 Å². The fourth-order valence-electron chi connectivity index (χ4n) is 4.39. The molecule has 0 N–H and O–H groups in total. The smallest absolute Gasteiger partial charge is 0.246 e. The van der Waals surface area contributed by atoms with Gasteiger partial charge >= 0.3 is 0 Å². The van der Waals surface area contributed by atoms with Crippen molar-refractivity contribution < 1.29 is 9.53 Å². The first-order valence-electron chi connectivity index (χ1n) is 12.2. The number of nitrogens with zero attached hydrogens (tertiary/aromatic N) is 5. The number of pyridine rings is 1. The molecule has 0 radical (unpaired) electrons. The second-order valence-corrected chi connectivity index (χ2v) is 8.50. The summed E-state index contributed by atoms with van der Waals surface area (Å²) < 4.78 is 7.63. The van der Waals surface area contributed by atoms with Crippen LogP contribution in [0.15, 0.2) is 91.4 Å². The number of anilines is 1. The molecule has 182 valence electrons. The Kier molecular flexibility index (Phi) is 7.07. The second kappa shape index (κ2) is 10.9. The quantitative estimate of drug-likeness (QED) is 0.360. The summed E-state index contributed by atoms with van der Waals surface area (Å²) in [6.07, 6.45) is 8.97. The van der Waals surface area contributed by atoms with Crippen LogP contribution in [0.3, 0.4) is 0 Å². The van der Waals surface area contributed by atoms with Gasteiger partial charge in [-0.3, -0.25) is 9.78 Å². The third-order valence-electron chi connectivity index (χ3n) is 6.22. The molecule has 3 heterocycles. The summed E-state index contributed by atoms with van der Waals surface area (Å²) in [7, 11) is 0. The van der Waals surface area contributed by atoms with Gasteiger partial charge in [0.2, 0.25) is 5.91 Å². The van der Waals surface area contributed by atoms with Crippen molar-refractivity contribution in [1.29, 1.82) is 0 Å². The number of hydrogen-bond donors (Lipinski definition) is 0. The SMILES string of the molecule is CCOc1ccccc1N1CCN(C(=O)/C=C/c2cn(-c3ccccc3)nc2-c2ccncc2)CC1. The average molecular weight is 480 g/mol. The van der Waals surface area contributed by atoms with Crippen LogP contribution < -0.4 is 9.64 Å². The molecule has 5 rings (SSSR count). The zero-order chi connectivity index (χ0) is 24.7. The third kappa shape index (κ3) is 5.15. The van der Waals surface area contributed by atoms with Crippen molar-refractivity contribution in [2.24, 2.45) is 0 Å². The average Bonchev–Trinajstić information content (AvgIpc) is 3.38. The van der Waals surface area contributed by atoms with E-state index in [1.807, 2.05) is 89.4 Å². The maximum atomic E-state index is 13.1. The second-order valence-electron chi connectivity index (χ2n) is 8.50. The highest BCUT2D eigenvalue weighted by molar-refractivity contribution is 5.93. The zero-order valence-corrected chi connectivity index (χ0v) is 20.3. The Morgan fingerprint density at radius 1 is 0.944 bits per heavy atom. The lowest BCUT2D eigenvalue weighted by Crippen LogP contribution is -2.48. The van der Waals surface area contributed by atoms with Crippen LogP contribution in [0.4, 0.5) is 5.69 Å². The van der Waals surface area contributed by atoms with Gasteiger partial charge in [-0.2, -0.15) is 5.10 Å². The van der Waals surface area contributed by atoms with Gasteiger partial charge in [-0.25, -0.2) is 4.68 Å². The fraction of sp³-hybridized carbons (Fsp3) is 0.207. The van der Waals surface area contributed by atoms with E-state index in [9.17, 15) is 4.79 Å². The molecule has 36 heavy (non-hydrogen) atoms. The predicted octanol–water partition coefficient (Wildman–Crippen LogP) is 4.70. The topological polar surface area (TPSA) is 63.5 Å². The molecule has 2 aromatic carbocycles. The first-order chi connectivity index (χ1) is 17.7. The number of amides is 1. The summed E-state index contributed by atoms with van der Waals surface area (Å²) >= 11 is 0. The van der Waals surface area contributed by atoms with Gasteiger partial charge in [-0.05, 0) is 49.4 Å². The third-order valence-corrected chi connectivity index (χ3v) is 6.22. The summed E-state index contributed by atoms with van der Waals surface area (Å²) in [5, 5.41) is 4.80. The maximum Gasteiger partial charge on any atom is 0.246 e. The van der Waals surface area contributed by atoms with E-state index in [1.165, 1.54) is 0 Å². The number of ether oxygens (including phenoxy) is 1. The number of aromatic nitrogens is 3. The van der Waals surface area contributed by atoms with Gasteiger partial charge in [0.15, 0.2) is 0 Å². The number of carbonyl (C=O) groups is 1. The summed E-state index contributed by atoms with van der Waals surface area (Å²) in [6.45, 7) is 5.45. The first-order valence-corrected chi connectivity index (χ1v) is 12.2. The molecule has 0 atom stereocenters. The van der Waals surface area contributed by atoms with Crippen LogP contribution in [0.25, 0.3) is 23.0 Å². The van der Waals surface area contributed by atoms with Gasteiger partial charge in [0, 0.05) is 62.0 Å². The van der Waals surface area contributed by atoms with Crippen LogP contribution in [0.2, 0.25) is 0 Å². The Morgan fingerprint density at radius 3 is 2.42 bits per heavy atom. The van der Waals surface area contributed by atoms with E-state index in [0.717, 1.165) is 47.0 Å². The lowest BCUT2D eigenvalue weighted by molar-refractivity contribution is -0.126. The minimum atomic E-state index is 0.000817. The first kappa shape index (κ1) is 23.4. The van der Waals surface area contributed by atoms with Gasteiger partial charge in [-0.15, -0.1) is 0 Å². The molecule has 7 nitrogen and oxygen atoms in total. The highest BCUT2D eigenvalue weighted by atomic mass is 16.5. The fourth-order valence-corrected chi connectivity index (χ4v) is 4.39. The standard InChI is InChI=1S/C29H29N5O2/c1-2-36-27-11-7-6-10-26(27)32-18-20-33(21-19-32)28(35)13-12-24-22-34(25-8-4-3-5-9-25)31-29(24)23-14-16-30-17-15-23/h3-17,22H,2,18-21H2,1H3/b13-12+. The van der Waals surface area contributed by atoms with Crippen molar-refractivity contribution in [3.05, 3.63) is 97.0 Å². The van der Waals surface area contributed by atoms with Crippen LogP contribution in [0.5, 0.6) is 5.75 Å². The van der Waals surface area contributed by atoms with E-state index in [1.54, 1.807) is 18.5 Å². The Hall–Kier alpha value is -4.39. The van der Waals surface area contributed by atoms with Crippen LogP contribution in [0.1, 0.15) is 12.5 Å². The zero-order valence-electron chi connectivity index (χ0n) is 20.3. The molecule has 1 aliphatic heterocycles. The molecule has 0 bridgehead atoms. The van der Waals surface area contributed by atoms with Crippen LogP contribution in [-0.2, 0) is 4.79 Å². The molecule has 0 saturated carbocycles. The van der Waals surface area contributed by atoms with E-state index in [4.69, 9.17) is 9.84 Å². The van der Waals surface area contributed by atoms with Crippen LogP contribution in [-0.4, -0.2) is 58.4 Å². The Morgan fingerprint density at radius 2 is 1.67 bits per heavy atom. The number of hydrogen-bond acceptors (Lipinski definition) is 5.